The average molecular weight is 831 g/mol. The van der Waals surface area contributed by atoms with Crippen LogP contribution in [-0.4, -0.2) is 6.94 Å². The summed E-state index contributed by atoms with van der Waals surface area (Å²) in [6, 6.07) is 51.1. The van der Waals surface area contributed by atoms with Gasteiger partial charge < -0.3 is 0 Å². The van der Waals surface area contributed by atoms with E-state index in [1.54, 1.807) is 0 Å². The second kappa shape index (κ2) is 10.5. The minimum absolute atomic E-state index is 0.172. The number of hydrogen-bond donors (Lipinski definition) is 0. The summed E-state index contributed by atoms with van der Waals surface area (Å²) in [4.78, 5) is 0. The van der Waals surface area contributed by atoms with E-state index in [2.05, 4.69) is 202 Å². The minimum atomic E-state index is -5.98. The van der Waals surface area contributed by atoms with Crippen LogP contribution in [-0.2, 0) is 14.2 Å². The Morgan fingerprint density at radius 3 is 1.12 bits per heavy atom. The first-order valence-corrected chi connectivity index (χ1v) is 41.5. The van der Waals surface area contributed by atoms with Crippen LogP contribution in [0, 0.1) is 27.7 Å². The quantitative estimate of drug-likeness (QED) is 0.147. The zero-order chi connectivity index (χ0) is 35.0. The molecule has 0 aliphatic heterocycles. The van der Waals surface area contributed by atoms with Gasteiger partial charge in [-0.2, -0.15) is 0 Å². The summed E-state index contributed by atoms with van der Waals surface area (Å²) < 4.78 is 8.96. The van der Waals surface area contributed by atoms with Crippen molar-refractivity contribution in [3.63, 3.8) is 0 Å². The fourth-order valence-electron chi connectivity index (χ4n) is 11.2. The zero-order valence-electron chi connectivity index (χ0n) is 30.4. The van der Waals surface area contributed by atoms with Crippen LogP contribution in [0.25, 0.3) is 34.4 Å². The van der Waals surface area contributed by atoms with Crippen molar-refractivity contribution < 1.29 is 14.2 Å². The second-order valence-electron chi connectivity index (χ2n) is 17.5. The van der Waals surface area contributed by atoms with E-state index in [9.17, 15) is 0 Å². The van der Waals surface area contributed by atoms with Gasteiger partial charge in [-0.1, -0.05) is 0 Å². The van der Waals surface area contributed by atoms with Crippen LogP contribution in [0.3, 0.4) is 0 Å². The summed E-state index contributed by atoms with van der Waals surface area (Å²) in [5.74, 6) is 0. The van der Waals surface area contributed by atoms with Gasteiger partial charge in [-0.3, -0.25) is 0 Å². The van der Waals surface area contributed by atoms with Gasteiger partial charge in [-0.05, 0) is 0 Å². The number of rotatable bonds is 6. The molecule has 2 unspecified atom stereocenters. The monoisotopic (exact) mass is 832 g/mol. The van der Waals surface area contributed by atoms with Crippen LogP contribution < -0.4 is 6.64 Å². The van der Waals surface area contributed by atoms with E-state index in [0.29, 0.717) is 0 Å². The summed E-state index contributed by atoms with van der Waals surface area (Å²) in [6.45, 7) is 11.5. The Kier molecular flexibility index (Phi) is 6.92. The first kappa shape index (κ1) is 33.1. The molecule has 2 atom stereocenters. The number of hydrogen-bond acceptors (Lipinski definition) is 0. The molecule has 0 fully saturated rings. The van der Waals surface area contributed by atoms with Gasteiger partial charge in [0.25, 0.3) is 0 Å². The predicted octanol–water partition coefficient (Wildman–Crippen LogP) is 11.1. The van der Waals surface area contributed by atoms with E-state index >= 15 is 0 Å². The summed E-state index contributed by atoms with van der Waals surface area (Å²) in [7, 11) is 0. The van der Waals surface area contributed by atoms with Crippen molar-refractivity contribution in [1.29, 1.82) is 0 Å². The van der Waals surface area contributed by atoms with Gasteiger partial charge in [-0.25, -0.2) is 0 Å². The third-order valence-electron chi connectivity index (χ3n) is 14.1. The molecule has 0 heterocycles. The van der Waals surface area contributed by atoms with Crippen LogP contribution in [0.15, 0.2) is 146 Å². The van der Waals surface area contributed by atoms with E-state index in [4.69, 9.17) is 0 Å². The van der Waals surface area contributed by atoms with Crippen LogP contribution in [0.5, 0.6) is 0 Å². The van der Waals surface area contributed by atoms with Gasteiger partial charge in [0.2, 0.25) is 0 Å². The van der Waals surface area contributed by atoms with Crippen molar-refractivity contribution in [1.82, 2.24) is 0 Å². The molecule has 0 radical (unpaired) electrons. The fraction of sp³-hybridized carbons (Fsp3) is 0.167. The molecule has 2 heteroatoms. The van der Waals surface area contributed by atoms with Gasteiger partial charge in [-0.15, -0.1) is 0 Å². The second-order valence-corrected chi connectivity index (χ2v) is 86.1. The molecule has 0 amide bonds. The Labute approximate surface area is 294 Å². The molecule has 248 valence electrons. The Morgan fingerprint density at radius 1 is 0.420 bits per heavy atom. The van der Waals surface area contributed by atoms with Crippen LogP contribution in [0.2, 0.25) is 9.36 Å². The first-order chi connectivity index (χ1) is 23.8. The Balaban J connectivity index is 1.52. The van der Waals surface area contributed by atoms with Gasteiger partial charge in [0.15, 0.2) is 0 Å². The molecule has 0 aromatic heterocycles. The molecule has 6 aromatic rings. The van der Waals surface area contributed by atoms with Crippen LogP contribution >= 0.6 is 0 Å². The van der Waals surface area contributed by atoms with Gasteiger partial charge in [0.05, 0.1) is 0 Å². The van der Waals surface area contributed by atoms with E-state index < -0.39 is 14.2 Å². The molecule has 0 saturated heterocycles. The maximum absolute atomic E-state index is 5.98. The molecule has 2 aliphatic carbocycles. The van der Waals surface area contributed by atoms with Crippen LogP contribution in [0.4, 0.5) is 0 Å². The number of aryl methyl sites for hydroxylation is 4. The number of allylic oxidation sites excluding steroid dienone is 2. The molecule has 8 rings (SSSR count). The summed E-state index contributed by atoms with van der Waals surface area (Å²) in [5.41, 5.74) is 16.4. The Morgan fingerprint density at radius 2 is 0.760 bits per heavy atom. The molecule has 0 nitrogen and oxygen atoms in total. The van der Waals surface area contributed by atoms with E-state index in [1.807, 2.05) is 0 Å². The molecule has 0 N–H and O–H groups in total. The van der Waals surface area contributed by atoms with Crippen LogP contribution in [0.1, 0.15) is 51.9 Å². The molecule has 50 heavy (non-hydrogen) atoms. The third-order valence-corrected chi connectivity index (χ3v) is 71.2. The SMILES string of the molecule is Cc1cccc(C)c1-c1cccc2c1C=C[CH]2[Hf]([CH3])([CH3])(=[SiH2])([c]1ccccc1)([c]1ccccc1)[CH]1C=Cc2c(-c3c(C)cccc3C)cccc21. The molecule has 0 spiro atoms. The summed E-state index contributed by atoms with van der Waals surface area (Å²) in [6.07, 6.45) is 10.2. The predicted molar refractivity (Wildman–Crippen MR) is 219 cm³/mol. The zero-order valence-corrected chi connectivity index (χ0v) is 35.4. The molecule has 6 aromatic carbocycles. The average Bonchev–Trinajstić information content (AvgIpc) is 3.78. The number of benzene rings is 6. The van der Waals surface area contributed by atoms with Gasteiger partial charge in [0, 0.05) is 0 Å². The molecule has 0 bridgehead atoms. The van der Waals surface area contributed by atoms with Gasteiger partial charge in [0.1, 0.15) is 0 Å². The van der Waals surface area contributed by atoms with Gasteiger partial charge >= 0.3 is 297 Å². The molecular weight excluding hydrogens is 783 g/mol. The van der Waals surface area contributed by atoms with E-state index in [1.165, 1.54) is 73.4 Å². The van der Waals surface area contributed by atoms with Crippen molar-refractivity contribution in [3.05, 3.63) is 190 Å². The number of fused-ring (bicyclic) bond motifs is 2. The molecule has 0 saturated carbocycles. The standard InChI is InChI=1S/2C17H15.2C6H5.2CH3.Hf.H2Si/c2*1-12-6-3-7-13(2)17(12)16-11-5-9-14-8-4-10-15(14)16;2*1-2-4-6-5-3-1;;;;/h2*3-11H,1-2H3;2*1-5H;2*1H3;;1H2. The summed E-state index contributed by atoms with van der Waals surface area (Å²) in [5, 5.41) is 0. The molecular formula is C48H48HfSi. The van der Waals surface area contributed by atoms with Crippen molar-refractivity contribution >= 4 is 25.7 Å². The summed E-state index contributed by atoms with van der Waals surface area (Å²) >= 11 is -5.98. The maximum atomic E-state index is 2.80. The Bertz CT molecular complexity index is 2340. The molecule has 2 aliphatic rings. The van der Waals surface area contributed by atoms with Crippen molar-refractivity contribution in [3.8, 4) is 22.3 Å². The van der Waals surface area contributed by atoms with Crippen molar-refractivity contribution in [2.75, 3.05) is 0 Å². The first-order valence-electron chi connectivity index (χ1n) is 18.2. The van der Waals surface area contributed by atoms with Crippen molar-refractivity contribution in [2.24, 2.45) is 0 Å². The third kappa shape index (κ3) is 4.01. The topological polar surface area (TPSA) is 0 Å². The normalized spacial score (nSPS) is 18.5. The van der Waals surface area contributed by atoms with E-state index in [-0.39, 0.29) is 7.35 Å². The van der Waals surface area contributed by atoms with Crippen molar-refractivity contribution in [2.45, 2.75) is 44.4 Å². The Hall–Kier alpha value is -4.11. The van der Waals surface area contributed by atoms with E-state index in [0.717, 1.165) is 0 Å². The fourth-order valence-corrected chi connectivity index (χ4v) is 58.4.